The lowest BCUT2D eigenvalue weighted by Gasteiger charge is -2.19. The van der Waals surface area contributed by atoms with E-state index in [2.05, 4.69) is 0 Å². The van der Waals surface area contributed by atoms with E-state index < -0.39 is 6.10 Å². The number of carbonyl (C=O) groups is 1. The smallest absolute Gasteiger partial charge is 0.254 e. The molecule has 0 aliphatic heterocycles. The monoisotopic (exact) mass is 237 g/mol. The zero-order chi connectivity index (χ0) is 13.0. The summed E-state index contributed by atoms with van der Waals surface area (Å²) in [5.74, 6) is -0.0150. The maximum atomic E-state index is 12.1. The van der Waals surface area contributed by atoms with Gasteiger partial charge in [-0.1, -0.05) is 6.07 Å². The van der Waals surface area contributed by atoms with Crippen molar-refractivity contribution < 1.29 is 15.0 Å². The van der Waals surface area contributed by atoms with Gasteiger partial charge in [0, 0.05) is 24.7 Å². The van der Waals surface area contributed by atoms with Crippen molar-refractivity contribution in [2.75, 3.05) is 13.6 Å². The minimum absolute atomic E-state index is 0.125. The molecule has 4 nitrogen and oxygen atoms in total. The molecule has 0 radical (unpaired) electrons. The average Bonchev–Trinajstić information content (AvgIpc) is 2.28. The molecular weight excluding hydrogens is 218 g/mol. The molecular formula is C13H19NO3. The van der Waals surface area contributed by atoms with Gasteiger partial charge in [-0.25, -0.2) is 0 Å². The fraction of sp³-hybridized carbons (Fsp3) is 0.462. The Bertz CT molecular complexity index is 402. The Morgan fingerprint density at radius 3 is 2.71 bits per heavy atom. The van der Waals surface area contributed by atoms with Gasteiger partial charge in [0.05, 0.1) is 6.10 Å². The van der Waals surface area contributed by atoms with Crippen LogP contribution in [0.2, 0.25) is 0 Å². The van der Waals surface area contributed by atoms with E-state index in [1.807, 2.05) is 0 Å². The van der Waals surface area contributed by atoms with Crippen LogP contribution < -0.4 is 0 Å². The first kappa shape index (κ1) is 13.5. The second-order valence-electron chi connectivity index (χ2n) is 4.31. The molecule has 0 spiro atoms. The summed E-state index contributed by atoms with van der Waals surface area (Å²) in [6.07, 6.45) is 0.121. The predicted molar refractivity (Wildman–Crippen MR) is 66.1 cm³/mol. The standard InChI is InChI=1S/C13H19NO3/c1-9(15)7-8-14(3)13(17)11-5-4-6-12(16)10(11)2/h4-6,9,15-16H,7-8H2,1-3H3. The number of aliphatic hydroxyl groups excluding tert-OH is 1. The first-order valence-electron chi connectivity index (χ1n) is 5.65. The highest BCUT2D eigenvalue weighted by molar-refractivity contribution is 5.96. The summed E-state index contributed by atoms with van der Waals surface area (Å²) in [7, 11) is 1.69. The summed E-state index contributed by atoms with van der Waals surface area (Å²) in [5.41, 5.74) is 1.08. The fourth-order valence-electron chi connectivity index (χ4n) is 1.54. The van der Waals surface area contributed by atoms with E-state index in [0.29, 0.717) is 24.1 Å². The van der Waals surface area contributed by atoms with E-state index >= 15 is 0 Å². The van der Waals surface area contributed by atoms with Gasteiger partial charge in [0.25, 0.3) is 5.91 Å². The lowest BCUT2D eigenvalue weighted by Crippen LogP contribution is -2.29. The molecule has 2 N–H and O–H groups in total. The number of benzene rings is 1. The van der Waals surface area contributed by atoms with Gasteiger partial charge in [0.15, 0.2) is 0 Å². The summed E-state index contributed by atoms with van der Waals surface area (Å²) < 4.78 is 0. The molecule has 0 saturated carbocycles. The van der Waals surface area contributed by atoms with E-state index in [1.54, 1.807) is 44.0 Å². The number of hydrogen-bond donors (Lipinski definition) is 2. The van der Waals surface area contributed by atoms with E-state index in [-0.39, 0.29) is 11.7 Å². The molecule has 1 unspecified atom stereocenters. The molecule has 4 heteroatoms. The third-order valence-electron chi connectivity index (χ3n) is 2.76. The summed E-state index contributed by atoms with van der Waals surface area (Å²) in [5, 5.41) is 18.7. The highest BCUT2D eigenvalue weighted by atomic mass is 16.3. The zero-order valence-electron chi connectivity index (χ0n) is 10.5. The van der Waals surface area contributed by atoms with Crippen LogP contribution in [-0.2, 0) is 0 Å². The van der Waals surface area contributed by atoms with Crippen LogP contribution in [0.3, 0.4) is 0 Å². The van der Waals surface area contributed by atoms with Crippen LogP contribution in [-0.4, -0.2) is 40.7 Å². The maximum Gasteiger partial charge on any atom is 0.254 e. The zero-order valence-corrected chi connectivity index (χ0v) is 10.5. The Kier molecular flexibility index (Phi) is 4.52. The van der Waals surface area contributed by atoms with E-state index in [0.717, 1.165) is 0 Å². The molecule has 17 heavy (non-hydrogen) atoms. The summed E-state index contributed by atoms with van der Waals surface area (Å²) in [6, 6.07) is 4.90. The van der Waals surface area contributed by atoms with Crippen LogP contribution in [0, 0.1) is 6.92 Å². The number of aromatic hydroxyl groups is 1. The van der Waals surface area contributed by atoms with Crippen molar-refractivity contribution in [2.24, 2.45) is 0 Å². The van der Waals surface area contributed by atoms with Crippen LogP contribution in [0.4, 0.5) is 0 Å². The molecule has 0 aliphatic carbocycles. The molecule has 0 aliphatic rings. The molecule has 1 aromatic carbocycles. The number of phenolic OH excluding ortho intramolecular Hbond substituents is 1. The van der Waals surface area contributed by atoms with Gasteiger partial charge in [-0.15, -0.1) is 0 Å². The number of phenols is 1. The van der Waals surface area contributed by atoms with Gasteiger partial charge in [-0.05, 0) is 32.4 Å². The van der Waals surface area contributed by atoms with Crippen LogP contribution in [0.1, 0.15) is 29.3 Å². The molecule has 0 heterocycles. The van der Waals surface area contributed by atoms with Gasteiger partial charge >= 0.3 is 0 Å². The molecule has 1 atom stereocenters. The second-order valence-corrected chi connectivity index (χ2v) is 4.31. The summed E-state index contributed by atoms with van der Waals surface area (Å²) in [4.78, 5) is 13.6. The largest absolute Gasteiger partial charge is 0.508 e. The van der Waals surface area contributed by atoms with E-state index in [9.17, 15) is 15.0 Å². The average molecular weight is 237 g/mol. The molecule has 94 valence electrons. The first-order valence-corrected chi connectivity index (χ1v) is 5.65. The van der Waals surface area contributed by atoms with Gasteiger partial charge in [0.1, 0.15) is 5.75 Å². The fourth-order valence-corrected chi connectivity index (χ4v) is 1.54. The van der Waals surface area contributed by atoms with Crippen LogP contribution in [0.25, 0.3) is 0 Å². The number of nitrogens with zero attached hydrogens (tertiary/aromatic N) is 1. The minimum Gasteiger partial charge on any atom is -0.508 e. The Morgan fingerprint density at radius 2 is 2.12 bits per heavy atom. The van der Waals surface area contributed by atoms with Crippen molar-refractivity contribution in [3.8, 4) is 5.75 Å². The summed E-state index contributed by atoms with van der Waals surface area (Å²) in [6.45, 7) is 3.90. The Morgan fingerprint density at radius 1 is 1.47 bits per heavy atom. The molecule has 0 fully saturated rings. The molecule has 1 amide bonds. The lowest BCUT2D eigenvalue weighted by atomic mass is 10.1. The Hall–Kier alpha value is -1.55. The number of aliphatic hydroxyl groups is 1. The SMILES string of the molecule is Cc1c(O)cccc1C(=O)N(C)CCC(C)O. The van der Waals surface area contributed by atoms with Crippen LogP contribution >= 0.6 is 0 Å². The van der Waals surface area contributed by atoms with Crippen molar-refractivity contribution in [1.29, 1.82) is 0 Å². The number of hydrogen-bond acceptors (Lipinski definition) is 3. The van der Waals surface area contributed by atoms with E-state index in [4.69, 9.17) is 0 Å². The van der Waals surface area contributed by atoms with Crippen molar-refractivity contribution in [3.63, 3.8) is 0 Å². The lowest BCUT2D eigenvalue weighted by molar-refractivity contribution is 0.0768. The van der Waals surface area contributed by atoms with E-state index in [1.165, 1.54) is 0 Å². The Balaban J connectivity index is 2.78. The van der Waals surface area contributed by atoms with Crippen molar-refractivity contribution in [2.45, 2.75) is 26.4 Å². The van der Waals surface area contributed by atoms with Crippen molar-refractivity contribution >= 4 is 5.91 Å². The van der Waals surface area contributed by atoms with Crippen LogP contribution in [0.5, 0.6) is 5.75 Å². The van der Waals surface area contributed by atoms with Crippen LogP contribution in [0.15, 0.2) is 18.2 Å². The van der Waals surface area contributed by atoms with Crippen molar-refractivity contribution in [3.05, 3.63) is 29.3 Å². The molecule has 0 aromatic heterocycles. The predicted octanol–water partition coefficient (Wildman–Crippen LogP) is 1.54. The number of carbonyl (C=O) groups excluding carboxylic acids is 1. The number of amides is 1. The topological polar surface area (TPSA) is 60.8 Å². The third kappa shape index (κ3) is 3.46. The molecule has 0 bridgehead atoms. The van der Waals surface area contributed by atoms with Crippen molar-refractivity contribution in [1.82, 2.24) is 4.90 Å². The maximum absolute atomic E-state index is 12.1. The highest BCUT2D eigenvalue weighted by Gasteiger charge is 2.15. The van der Waals surface area contributed by atoms with Gasteiger partial charge in [0.2, 0.25) is 0 Å². The minimum atomic E-state index is -0.421. The van der Waals surface area contributed by atoms with Gasteiger partial charge < -0.3 is 15.1 Å². The third-order valence-corrected chi connectivity index (χ3v) is 2.76. The highest BCUT2D eigenvalue weighted by Crippen LogP contribution is 2.20. The first-order chi connectivity index (χ1) is 7.93. The summed E-state index contributed by atoms with van der Waals surface area (Å²) >= 11 is 0. The quantitative estimate of drug-likeness (QED) is 0.835. The molecule has 1 aromatic rings. The number of rotatable bonds is 4. The second kappa shape index (κ2) is 5.68. The Labute approximate surface area is 101 Å². The molecule has 0 saturated heterocycles. The normalized spacial score (nSPS) is 12.2. The molecule has 1 rings (SSSR count). The van der Waals surface area contributed by atoms with Gasteiger partial charge in [-0.2, -0.15) is 0 Å². The van der Waals surface area contributed by atoms with Gasteiger partial charge in [-0.3, -0.25) is 4.79 Å².